The Morgan fingerprint density at radius 3 is 2.26 bits per heavy atom. The van der Waals surface area contributed by atoms with E-state index in [1.807, 2.05) is 55.5 Å². The third-order valence-corrected chi connectivity index (χ3v) is 6.74. The van der Waals surface area contributed by atoms with Gasteiger partial charge in [-0.15, -0.1) is 0 Å². The molecule has 1 aliphatic carbocycles. The van der Waals surface area contributed by atoms with Gasteiger partial charge in [-0.05, 0) is 73.1 Å². The third-order valence-electron chi connectivity index (χ3n) is 6.74. The molecular weight excluding hydrogens is 438 g/mol. The molecule has 0 saturated heterocycles. The average Bonchev–Trinajstić information content (AvgIpc) is 2.79. The third kappa shape index (κ3) is 5.83. The van der Waals surface area contributed by atoms with Crippen molar-refractivity contribution in [3.8, 4) is 11.1 Å². The first-order valence-electron chi connectivity index (χ1n) is 12.2. The van der Waals surface area contributed by atoms with E-state index in [0.29, 0.717) is 34.8 Å². The van der Waals surface area contributed by atoms with Crippen LogP contribution >= 0.6 is 0 Å². The van der Waals surface area contributed by atoms with E-state index in [0.717, 1.165) is 16.8 Å². The van der Waals surface area contributed by atoms with Crippen LogP contribution in [0.1, 0.15) is 49.0 Å². The van der Waals surface area contributed by atoms with Gasteiger partial charge < -0.3 is 21.1 Å². The standard InChI is InChI=1S/C29H33N3O3/c1-18(2)27(20-7-6-8-20)31-25-16-13-21(23-9-4-5-10-24(23)28(33)34)17-26(25)32-29(35)30-22-14-11-19(3)12-15-22/h4-5,9-18,20,27,31H,6-8H2,1-3H3,(H,33,34)(H2,30,32,35). The van der Waals surface area contributed by atoms with E-state index in [2.05, 4.69) is 29.8 Å². The second-order valence-electron chi connectivity index (χ2n) is 9.66. The molecule has 0 spiro atoms. The first-order valence-corrected chi connectivity index (χ1v) is 12.2. The minimum absolute atomic E-state index is 0.220. The Balaban J connectivity index is 1.66. The topological polar surface area (TPSA) is 90.5 Å². The van der Waals surface area contributed by atoms with Gasteiger partial charge in [0, 0.05) is 11.7 Å². The van der Waals surface area contributed by atoms with Gasteiger partial charge in [-0.3, -0.25) is 0 Å². The largest absolute Gasteiger partial charge is 0.478 e. The molecule has 1 aliphatic rings. The van der Waals surface area contributed by atoms with Crippen LogP contribution in [-0.2, 0) is 0 Å². The van der Waals surface area contributed by atoms with Crippen LogP contribution in [0, 0.1) is 18.8 Å². The number of nitrogens with one attached hydrogen (secondary N) is 3. The molecule has 182 valence electrons. The summed E-state index contributed by atoms with van der Waals surface area (Å²) in [4.78, 5) is 24.7. The Bertz CT molecular complexity index is 1200. The van der Waals surface area contributed by atoms with Crippen molar-refractivity contribution in [1.82, 2.24) is 0 Å². The quantitative estimate of drug-likeness (QED) is 0.279. The highest BCUT2D eigenvalue weighted by atomic mass is 16.4. The van der Waals surface area contributed by atoms with E-state index in [1.54, 1.807) is 18.2 Å². The lowest BCUT2D eigenvalue weighted by Gasteiger charge is -2.38. The minimum atomic E-state index is -0.987. The number of anilines is 3. The predicted octanol–water partition coefficient (Wildman–Crippen LogP) is 7.24. The number of aryl methyl sites for hydroxylation is 1. The van der Waals surface area contributed by atoms with Crippen molar-refractivity contribution in [2.75, 3.05) is 16.0 Å². The molecule has 3 aromatic rings. The summed E-state index contributed by atoms with van der Waals surface area (Å²) in [5.41, 5.74) is 4.80. The Morgan fingerprint density at radius 2 is 1.63 bits per heavy atom. The zero-order valence-electron chi connectivity index (χ0n) is 20.5. The van der Waals surface area contributed by atoms with Gasteiger partial charge in [0.2, 0.25) is 0 Å². The van der Waals surface area contributed by atoms with Gasteiger partial charge in [-0.2, -0.15) is 0 Å². The second kappa shape index (κ2) is 10.6. The summed E-state index contributed by atoms with van der Waals surface area (Å²) in [5.74, 6) is 0.0536. The van der Waals surface area contributed by atoms with Crippen LogP contribution in [0.5, 0.6) is 0 Å². The molecule has 2 amide bonds. The summed E-state index contributed by atoms with van der Waals surface area (Å²) in [5, 5.41) is 19.2. The summed E-state index contributed by atoms with van der Waals surface area (Å²) < 4.78 is 0. The number of amides is 2. The van der Waals surface area contributed by atoms with E-state index in [9.17, 15) is 14.7 Å². The van der Waals surface area contributed by atoms with Gasteiger partial charge in [-0.25, -0.2) is 9.59 Å². The number of carbonyl (C=O) groups excluding carboxylic acids is 1. The smallest absolute Gasteiger partial charge is 0.336 e. The lowest BCUT2D eigenvalue weighted by Crippen LogP contribution is -2.38. The van der Waals surface area contributed by atoms with Crippen LogP contribution in [0.2, 0.25) is 0 Å². The molecular formula is C29H33N3O3. The van der Waals surface area contributed by atoms with Crippen molar-refractivity contribution in [2.24, 2.45) is 11.8 Å². The average molecular weight is 472 g/mol. The summed E-state index contributed by atoms with van der Waals surface area (Å²) in [6.07, 6.45) is 3.66. The maximum Gasteiger partial charge on any atom is 0.336 e. The molecule has 6 nitrogen and oxygen atoms in total. The molecule has 1 saturated carbocycles. The molecule has 4 N–H and O–H groups in total. The molecule has 3 aromatic carbocycles. The van der Waals surface area contributed by atoms with E-state index in [4.69, 9.17) is 0 Å². The highest BCUT2D eigenvalue weighted by Crippen LogP contribution is 2.37. The summed E-state index contributed by atoms with van der Waals surface area (Å²) >= 11 is 0. The zero-order chi connectivity index (χ0) is 24.9. The SMILES string of the molecule is Cc1ccc(NC(=O)Nc2cc(-c3ccccc3C(=O)O)ccc2NC(C(C)C)C2CCC2)cc1. The molecule has 35 heavy (non-hydrogen) atoms. The zero-order valence-corrected chi connectivity index (χ0v) is 20.5. The van der Waals surface area contributed by atoms with E-state index < -0.39 is 5.97 Å². The van der Waals surface area contributed by atoms with Crippen LogP contribution < -0.4 is 16.0 Å². The number of hydrogen-bond acceptors (Lipinski definition) is 3. The normalized spacial score (nSPS) is 14.2. The van der Waals surface area contributed by atoms with E-state index in [-0.39, 0.29) is 11.6 Å². The van der Waals surface area contributed by atoms with E-state index in [1.165, 1.54) is 19.3 Å². The molecule has 0 radical (unpaired) electrons. The molecule has 4 rings (SSSR count). The molecule has 0 aliphatic heterocycles. The Morgan fingerprint density at radius 1 is 0.914 bits per heavy atom. The van der Waals surface area contributed by atoms with Gasteiger partial charge in [0.1, 0.15) is 0 Å². The predicted molar refractivity (Wildman–Crippen MR) is 142 cm³/mol. The summed E-state index contributed by atoms with van der Waals surface area (Å²) in [7, 11) is 0. The number of rotatable bonds is 8. The van der Waals surface area contributed by atoms with Crippen LogP contribution in [0.25, 0.3) is 11.1 Å². The van der Waals surface area contributed by atoms with Crippen molar-refractivity contribution >= 4 is 29.1 Å². The number of aromatic carboxylic acids is 1. The van der Waals surface area contributed by atoms with Gasteiger partial charge in [0.25, 0.3) is 0 Å². The van der Waals surface area contributed by atoms with Crippen LogP contribution in [0.4, 0.5) is 21.9 Å². The lowest BCUT2D eigenvalue weighted by atomic mass is 9.75. The van der Waals surface area contributed by atoms with Crippen molar-refractivity contribution < 1.29 is 14.7 Å². The fraction of sp³-hybridized carbons (Fsp3) is 0.310. The monoisotopic (exact) mass is 471 g/mol. The minimum Gasteiger partial charge on any atom is -0.478 e. The molecule has 1 unspecified atom stereocenters. The maximum atomic E-state index is 12.9. The van der Waals surface area contributed by atoms with Gasteiger partial charge >= 0.3 is 12.0 Å². The van der Waals surface area contributed by atoms with Crippen molar-refractivity contribution in [3.05, 3.63) is 77.9 Å². The van der Waals surface area contributed by atoms with E-state index >= 15 is 0 Å². The highest BCUT2D eigenvalue weighted by molar-refractivity contribution is 6.03. The Hall–Kier alpha value is -3.80. The highest BCUT2D eigenvalue weighted by Gasteiger charge is 2.30. The molecule has 0 aromatic heterocycles. The van der Waals surface area contributed by atoms with Crippen molar-refractivity contribution in [2.45, 2.75) is 46.1 Å². The van der Waals surface area contributed by atoms with Crippen LogP contribution in [-0.4, -0.2) is 23.1 Å². The Kier molecular flexibility index (Phi) is 7.39. The number of carboxylic acids is 1. The van der Waals surface area contributed by atoms with Crippen LogP contribution in [0.15, 0.2) is 66.7 Å². The van der Waals surface area contributed by atoms with Gasteiger partial charge in [0.15, 0.2) is 0 Å². The summed E-state index contributed by atoms with van der Waals surface area (Å²) in [6.45, 7) is 6.42. The Labute approximate surface area is 206 Å². The fourth-order valence-electron chi connectivity index (χ4n) is 4.59. The lowest BCUT2D eigenvalue weighted by molar-refractivity contribution is 0.0697. The molecule has 0 bridgehead atoms. The summed E-state index contributed by atoms with van der Waals surface area (Å²) in [6, 6.07) is 20.1. The number of carboxylic acid groups (broad SMARTS) is 1. The molecule has 6 heteroatoms. The number of carbonyl (C=O) groups is 2. The fourth-order valence-corrected chi connectivity index (χ4v) is 4.59. The van der Waals surface area contributed by atoms with Crippen molar-refractivity contribution in [1.29, 1.82) is 0 Å². The van der Waals surface area contributed by atoms with Crippen LogP contribution in [0.3, 0.4) is 0 Å². The number of hydrogen-bond donors (Lipinski definition) is 4. The number of benzene rings is 3. The van der Waals surface area contributed by atoms with Gasteiger partial charge in [-0.1, -0.05) is 62.2 Å². The molecule has 1 fully saturated rings. The first-order chi connectivity index (χ1) is 16.8. The van der Waals surface area contributed by atoms with Crippen molar-refractivity contribution in [3.63, 3.8) is 0 Å². The first kappa shape index (κ1) is 24.3. The molecule has 1 atom stereocenters. The maximum absolute atomic E-state index is 12.9. The van der Waals surface area contributed by atoms with Gasteiger partial charge in [0.05, 0.1) is 16.9 Å². The number of urea groups is 1. The second-order valence-corrected chi connectivity index (χ2v) is 9.66. The molecule has 0 heterocycles.